The first-order chi connectivity index (χ1) is 9.74. The van der Waals surface area contributed by atoms with Gasteiger partial charge in [-0.2, -0.15) is 0 Å². The minimum Gasteiger partial charge on any atom is -0.365 e. The molecule has 1 fully saturated rings. The molecule has 0 unspecified atom stereocenters. The summed E-state index contributed by atoms with van der Waals surface area (Å²) in [7, 11) is 0. The van der Waals surface area contributed by atoms with E-state index in [0.29, 0.717) is 4.88 Å². The largest absolute Gasteiger partial charge is 0.365 e. The van der Waals surface area contributed by atoms with E-state index in [2.05, 4.69) is 24.3 Å². The van der Waals surface area contributed by atoms with Crippen molar-refractivity contribution in [2.75, 3.05) is 0 Å². The average molecular weight is 285 g/mol. The van der Waals surface area contributed by atoms with Crippen molar-refractivity contribution in [3.05, 3.63) is 46.2 Å². The highest BCUT2D eigenvalue weighted by molar-refractivity contribution is 7.12. The first-order valence-electron chi connectivity index (χ1n) is 7.23. The molecule has 2 aromatic rings. The number of carbonyl (C=O) groups excluding carboxylic acids is 1. The SMILES string of the molecule is NC(=O)c1cc(-c2ccc(C3CCCCC3)cc2)cs1. The Hall–Kier alpha value is -1.61. The third-order valence-electron chi connectivity index (χ3n) is 4.16. The monoisotopic (exact) mass is 285 g/mol. The Morgan fingerprint density at radius 3 is 2.35 bits per heavy atom. The standard InChI is InChI=1S/C17H19NOS/c18-17(19)16-10-15(11-20-16)14-8-6-13(7-9-14)12-4-2-1-3-5-12/h6-12H,1-5H2,(H2,18,19). The van der Waals surface area contributed by atoms with Gasteiger partial charge >= 0.3 is 0 Å². The molecule has 1 amide bonds. The fraction of sp³-hybridized carbons (Fsp3) is 0.353. The Kier molecular flexibility index (Phi) is 3.88. The minimum atomic E-state index is -0.347. The number of hydrogen-bond acceptors (Lipinski definition) is 2. The van der Waals surface area contributed by atoms with Crippen LogP contribution in [0.25, 0.3) is 11.1 Å². The van der Waals surface area contributed by atoms with Gasteiger partial charge in [-0.3, -0.25) is 4.79 Å². The number of carbonyl (C=O) groups is 1. The second-order valence-electron chi connectivity index (χ2n) is 5.52. The lowest BCUT2D eigenvalue weighted by atomic mass is 9.84. The highest BCUT2D eigenvalue weighted by Crippen LogP contribution is 2.34. The van der Waals surface area contributed by atoms with Crippen molar-refractivity contribution in [2.24, 2.45) is 5.73 Å². The van der Waals surface area contributed by atoms with Crippen LogP contribution in [-0.2, 0) is 0 Å². The predicted molar refractivity (Wildman–Crippen MR) is 84.1 cm³/mol. The second kappa shape index (κ2) is 5.80. The summed E-state index contributed by atoms with van der Waals surface area (Å²) in [4.78, 5) is 11.8. The quantitative estimate of drug-likeness (QED) is 0.882. The molecule has 0 spiro atoms. The van der Waals surface area contributed by atoms with Crippen LogP contribution in [0.3, 0.4) is 0 Å². The topological polar surface area (TPSA) is 43.1 Å². The number of hydrogen-bond donors (Lipinski definition) is 1. The highest BCUT2D eigenvalue weighted by atomic mass is 32.1. The fourth-order valence-corrected chi connectivity index (χ4v) is 3.77. The number of rotatable bonds is 3. The summed E-state index contributed by atoms with van der Waals surface area (Å²) >= 11 is 1.41. The molecule has 1 aromatic carbocycles. The van der Waals surface area contributed by atoms with Gasteiger partial charge in [0.05, 0.1) is 4.88 Å². The zero-order chi connectivity index (χ0) is 13.9. The van der Waals surface area contributed by atoms with Crippen molar-refractivity contribution < 1.29 is 4.79 Å². The Labute approximate surface area is 123 Å². The lowest BCUT2D eigenvalue weighted by molar-refractivity contribution is 0.100. The van der Waals surface area contributed by atoms with Crippen LogP contribution in [0.1, 0.15) is 53.3 Å². The Bertz CT molecular complexity index is 594. The Morgan fingerprint density at radius 1 is 1.05 bits per heavy atom. The third kappa shape index (κ3) is 2.78. The van der Waals surface area contributed by atoms with E-state index < -0.39 is 0 Å². The van der Waals surface area contributed by atoms with Crippen molar-refractivity contribution in [2.45, 2.75) is 38.0 Å². The summed E-state index contributed by atoms with van der Waals surface area (Å²) in [6.07, 6.45) is 6.75. The summed E-state index contributed by atoms with van der Waals surface area (Å²) < 4.78 is 0. The molecule has 1 aliphatic rings. The Balaban J connectivity index is 1.79. The summed E-state index contributed by atoms with van der Waals surface area (Å²) in [5.74, 6) is 0.390. The van der Waals surface area contributed by atoms with Crippen LogP contribution in [0.15, 0.2) is 35.7 Å². The van der Waals surface area contributed by atoms with Crippen LogP contribution in [0.4, 0.5) is 0 Å². The third-order valence-corrected chi connectivity index (χ3v) is 5.11. The number of amides is 1. The van der Waals surface area contributed by atoms with Gasteiger partial charge in [-0.25, -0.2) is 0 Å². The van der Waals surface area contributed by atoms with Gasteiger partial charge in [0.15, 0.2) is 0 Å². The maximum Gasteiger partial charge on any atom is 0.258 e. The van der Waals surface area contributed by atoms with Crippen LogP contribution in [0.2, 0.25) is 0 Å². The maximum atomic E-state index is 11.1. The fourth-order valence-electron chi connectivity index (χ4n) is 3.00. The van der Waals surface area contributed by atoms with Gasteiger partial charge in [-0.15, -0.1) is 11.3 Å². The molecule has 0 bridgehead atoms. The van der Waals surface area contributed by atoms with Crippen LogP contribution in [-0.4, -0.2) is 5.91 Å². The summed E-state index contributed by atoms with van der Waals surface area (Å²) in [6, 6.07) is 10.7. The van der Waals surface area contributed by atoms with Gasteiger partial charge in [0, 0.05) is 0 Å². The van der Waals surface area contributed by atoms with Gasteiger partial charge in [0.2, 0.25) is 0 Å². The van der Waals surface area contributed by atoms with Gasteiger partial charge < -0.3 is 5.73 Å². The van der Waals surface area contributed by atoms with Gasteiger partial charge in [0.1, 0.15) is 0 Å². The van der Waals surface area contributed by atoms with Gasteiger partial charge in [-0.1, -0.05) is 43.5 Å². The van der Waals surface area contributed by atoms with E-state index in [0.717, 1.165) is 17.0 Å². The Morgan fingerprint density at radius 2 is 1.75 bits per heavy atom. The molecule has 2 N–H and O–H groups in total. The highest BCUT2D eigenvalue weighted by Gasteiger charge is 2.15. The van der Waals surface area contributed by atoms with Crippen molar-refractivity contribution >= 4 is 17.2 Å². The average Bonchev–Trinajstić information content (AvgIpc) is 2.98. The molecule has 3 heteroatoms. The van der Waals surface area contributed by atoms with Crippen LogP contribution < -0.4 is 5.73 Å². The predicted octanol–water partition coefficient (Wildman–Crippen LogP) is 4.56. The lowest BCUT2D eigenvalue weighted by Gasteiger charge is -2.22. The number of thiophene rings is 1. The molecule has 3 rings (SSSR count). The van der Waals surface area contributed by atoms with E-state index in [-0.39, 0.29) is 5.91 Å². The number of primary amides is 1. The molecule has 1 aromatic heterocycles. The number of benzene rings is 1. The zero-order valence-electron chi connectivity index (χ0n) is 11.5. The van der Waals surface area contributed by atoms with Crippen LogP contribution >= 0.6 is 11.3 Å². The molecule has 1 aliphatic carbocycles. The van der Waals surface area contributed by atoms with E-state index in [9.17, 15) is 4.79 Å². The number of nitrogens with two attached hydrogens (primary N) is 1. The normalized spacial score (nSPS) is 16.2. The van der Waals surface area contributed by atoms with Crippen molar-refractivity contribution in [3.63, 3.8) is 0 Å². The van der Waals surface area contributed by atoms with Crippen LogP contribution in [0, 0.1) is 0 Å². The molecule has 0 atom stereocenters. The molecule has 2 nitrogen and oxygen atoms in total. The van der Waals surface area contributed by atoms with Crippen molar-refractivity contribution in [1.82, 2.24) is 0 Å². The van der Waals surface area contributed by atoms with E-state index in [1.165, 1.54) is 49.0 Å². The van der Waals surface area contributed by atoms with Crippen molar-refractivity contribution in [1.29, 1.82) is 0 Å². The molecular weight excluding hydrogens is 266 g/mol. The zero-order valence-corrected chi connectivity index (χ0v) is 12.3. The van der Waals surface area contributed by atoms with Crippen LogP contribution in [0.5, 0.6) is 0 Å². The molecule has 1 heterocycles. The summed E-state index contributed by atoms with van der Waals surface area (Å²) in [6.45, 7) is 0. The first-order valence-corrected chi connectivity index (χ1v) is 8.10. The molecule has 0 radical (unpaired) electrons. The van der Waals surface area contributed by atoms with Gasteiger partial charge in [0.25, 0.3) is 5.91 Å². The summed E-state index contributed by atoms with van der Waals surface area (Å²) in [5.41, 5.74) is 9.00. The molecule has 20 heavy (non-hydrogen) atoms. The molecular formula is C17H19NOS. The van der Waals surface area contributed by atoms with E-state index in [1.807, 2.05) is 11.4 Å². The smallest absolute Gasteiger partial charge is 0.258 e. The van der Waals surface area contributed by atoms with Crippen molar-refractivity contribution in [3.8, 4) is 11.1 Å². The molecule has 0 aliphatic heterocycles. The first kappa shape index (κ1) is 13.4. The van der Waals surface area contributed by atoms with Gasteiger partial charge in [-0.05, 0) is 46.9 Å². The van der Waals surface area contributed by atoms with E-state index in [1.54, 1.807) is 0 Å². The van der Waals surface area contributed by atoms with E-state index >= 15 is 0 Å². The summed E-state index contributed by atoms with van der Waals surface area (Å²) in [5, 5.41) is 2.00. The minimum absolute atomic E-state index is 0.347. The molecule has 0 saturated heterocycles. The second-order valence-corrected chi connectivity index (χ2v) is 6.43. The molecule has 1 saturated carbocycles. The lowest BCUT2D eigenvalue weighted by Crippen LogP contribution is -2.08. The maximum absolute atomic E-state index is 11.1. The van der Waals surface area contributed by atoms with E-state index in [4.69, 9.17) is 5.73 Å². The molecule has 104 valence electrons.